The number of hydrogen-bond donors (Lipinski definition) is 0. The van der Waals surface area contributed by atoms with E-state index in [0.29, 0.717) is 17.1 Å². The van der Waals surface area contributed by atoms with E-state index in [1.54, 1.807) is 29.2 Å². The fraction of sp³-hybridized carbons (Fsp3) is 0.167. The third-order valence-electron chi connectivity index (χ3n) is 2.36. The lowest BCUT2D eigenvalue weighted by atomic mass is 10.1. The molecule has 4 nitrogen and oxygen atoms in total. The van der Waals surface area contributed by atoms with Crippen molar-refractivity contribution >= 4 is 17.6 Å². The lowest BCUT2D eigenvalue weighted by Gasteiger charge is -2.07. The molecule has 0 unspecified atom stereocenters. The van der Waals surface area contributed by atoms with Crippen LogP contribution in [0.25, 0.3) is 0 Å². The van der Waals surface area contributed by atoms with Crippen LogP contribution in [0.1, 0.15) is 15.9 Å². The number of rotatable bonds is 3. The Bertz CT molecular complexity index is 537. The fourth-order valence-corrected chi connectivity index (χ4v) is 1.72. The molecule has 0 fully saturated rings. The summed E-state index contributed by atoms with van der Waals surface area (Å²) in [7, 11) is 1.36. The number of halogens is 1. The highest BCUT2D eigenvalue weighted by Crippen LogP contribution is 2.13. The normalized spacial score (nSPS) is 10.2. The Balaban J connectivity index is 2.29. The van der Waals surface area contributed by atoms with Gasteiger partial charge in [0.15, 0.2) is 0 Å². The molecular formula is C12H11ClN2O2. The number of ether oxygens (including phenoxy) is 1. The van der Waals surface area contributed by atoms with E-state index in [1.165, 1.54) is 7.11 Å². The van der Waals surface area contributed by atoms with Crippen molar-refractivity contribution in [1.82, 2.24) is 9.78 Å². The number of carbonyl (C=O) groups is 1. The van der Waals surface area contributed by atoms with Crippen molar-refractivity contribution < 1.29 is 9.53 Å². The number of carbonyl (C=O) groups excluding carboxylic acids is 1. The van der Waals surface area contributed by atoms with Gasteiger partial charge < -0.3 is 4.74 Å². The number of methoxy groups -OCH3 is 1. The van der Waals surface area contributed by atoms with E-state index in [1.807, 2.05) is 12.1 Å². The Morgan fingerprint density at radius 3 is 2.88 bits per heavy atom. The highest BCUT2D eigenvalue weighted by atomic mass is 35.5. The molecule has 0 aliphatic heterocycles. The van der Waals surface area contributed by atoms with Gasteiger partial charge in [0.05, 0.1) is 30.4 Å². The lowest BCUT2D eigenvalue weighted by Crippen LogP contribution is -2.09. The van der Waals surface area contributed by atoms with Crippen molar-refractivity contribution in [3.8, 4) is 0 Å². The summed E-state index contributed by atoms with van der Waals surface area (Å²) in [5, 5.41) is 4.64. The van der Waals surface area contributed by atoms with Crippen LogP contribution in [0.3, 0.4) is 0 Å². The van der Waals surface area contributed by atoms with Gasteiger partial charge in [-0.15, -0.1) is 0 Å². The first-order valence-electron chi connectivity index (χ1n) is 5.05. The van der Waals surface area contributed by atoms with E-state index in [9.17, 15) is 4.79 Å². The van der Waals surface area contributed by atoms with E-state index in [0.717, 1.165) is 5.56 Å². The van der Waals surface area contributed by atoms with Crippen LogP contribution in [-0.2, 0) is 11.3 Å². The minimum atomic E-state index is -0.348. The molecule has 0 amide bonds. The smallest absolute Gasteiger partial charge is 0.338 e. The van der Waals surface area contributed by atoms with Gasteiger partial charge in [0.2, 0.25) is 0 Å². The second kappa shape index (κ2) is 5.01. The second-order valence-electron chi connectivity index (χ2n) is 3.50. The first-order chi connectivity index (χ1) is 8.20. The van der Waals surface area contributed by atoms with Crippen LogP contribution in [0.2, 0.25) is 5.02 Å². The summed E-state index contributed by atoms with van der Waals surface area (Å²) in [5.74, 6) is -0.348. The quantitative estimate of drug-likeness (QED) is 0.786. The van der Waals surface area contributed by atoms with Crippen molar-refractivity contribution in [1.29, 1.82) is 0 Å². The summed E-state index contributed by atoms with van der Waals surface area (Å²) < 4.78 is 6.40. The molecule has 0 atom stereocenters. The SMILES string of the molecule is COC(=O)c1ccccc1Cn1cc(Cl)cn1. The number of hydrogen-bond acceptors (Lipinski definition) is 3. The molecule has 2 rings (SSSR count). The monoisotopic (exact) mass is 250 g/mol. The van der Waals surface area contributed by atoms with Gasteiger partial charge in [-0.25, -0.2) is 4.79 Å². The van der Waals surface area contributed by atoms with Crippen molar-refractivity contribution in [2.45, 2.75) is 6.54 Å². The average Bonchev–Trinajstić information content (AvgIpc) is 2.74. The Labute approximate surface area is 104 Å². The molecule has 5 heteroatoms. The second-order valence-corrected chi connectivity index (χ2v) is 3.94. The summed E-state index contributed by atoms with van der Waals surface area (Å²) in [6.07, 6.45) is 3.26. The van der Waals surface area contributed by atoms with Crippen LogP contribution in [0, 0.1) is 0 Å². The van der Waals surface area contributed by atoms with Crippen molar-refractivity contribution in [2.24, 2.45) is 0 Å². The minimum absolute atomic E-state index is 0.348. The van der Waals surface area contributed by atoms with Crippen LogP contribution in [-0.4, -0.2) is 22.9 Å². The van der Waals surface area contributed by atoms with Crippen LogP contribution in [0.4, 0.5) is 0 Å². The van der Waals surface area contributed by atoms with Crippen molar-refractivity contribution in [3.05, 3.63) is 52.8 Å². The van der Waals surface area contributed by atoms with Gasteiger partial charge in [0, 0.05) is 6.20 Å². The van der Waals surface area contributed by atoms with Gasteiger partial charge in [0.1, 0.15) is 0 Å². The standard InChI is InChI=1S/C12H11ClN2O2/c1-17-12(16)11-5-3-2-4-9(11)7-15-8-10(13)6-14-15/h2-6,8H,7H2,1H3. The third kappa shape index (κ3) is 2.65. The van der Waals surface area contributed by atoms with E-state index < -0.39 is 0 Å². The molecule has 1 heterocycles. The maximum absolute atomic E-state index is 11.6. The fourth-order valence-electron chi connectivity index (χ4n) is 1.57. The molecule has 1 aromatic heterocycles. The van der Waals surface area contributed by atoms with Crippen LogP contribution in [0.15, 0.2) is 36.7 Å². The zero-order valence-corrected chi connectivity index (χ0v) is 10.0. The molecular weight excluding hydrogens is 240 g/mol. The number of esters is 1. The molecule has 1 aromatic carbocycles. The van der Waals surface area contributed by atoms with Crippen molar-refractivity contribution in [2.75, 3.05) is 7.11 Å². The van der Waals surface area contributed by atoms with E-state index in [-0.39, 0.29) is 5.97 Å². The van der Waals surface area contributed by atoms with Gasteiger partial charge in [-0.1, -0.05) is 29.8 Å². The van der Waals surface area contributed by atoms with E-state index in [2.05, 4.69) is 5.10 Å². The molecule has 0 aliphatic rings. The molecule has 0 radical (unpaired) electrons. The van der Waals surface area contributed by atoms with Gasteiger partial charge in [0.25, 0.3) is 0 Å². The first-order valence-corrected chi connectivity index (χ1v) is 5.42. The molecule has 0 N–H and O–H groups in total. The predicted molar refractivity (Wildman–Crippen MR) is 64.1 cm³/mol. The summed E-state index contributed by atoms with van der Waals surface area (Å²) in [6.45, 7) is 0.484. The maximum atomic E-state index is 11.6. The lowest BCUT2D eigenvalue weighted by molar-refractivity contribution is 0.0599. The Morgan fingerprint density at radius 2 is 2.24 bits per heavy atom. The molecule has 0 bridgehead atoms. The largest absolute Gasteiger partial charge is 0.465 e. The maximum Gasteiger partial charge on any atom is 0.338 e. The predicted octanol–water partition coefficient (Wildman–Crippen LogP) is 2.37. The summed E-state index contributed by atoms with van der Waals surface area (Å²) in [4.78, 5) is 11.6. The van der Waals surface area contributed by atoms with E-state index >= 15 is 0 Å². The number of aromatic nitrogens is 2. The average molecular weight is 251 g/mol. The molecule has 88 valence electrons. The highest BCUT2D eigenvalue weighted by molar-refractivity contribution is 6.30. The summed E-state index contributed by atoms with van der Waals surface area (Å²) >= 11 is 5.78. The zero-order chi connectivity index (χ0) is 12.3. The molecule has 2 aromatic rings. The van der Waals surface area contributed by atoms with E-state index in [4.69, 9.17) is 16.3 Å². The molecule has 0 saturated heterocycles. The van der Waals surface area contributed by atoms with Crippen LogP contribution in [0.5, 0.6) is 0 Å². The van der Waals surface area contributed by atoms with Gasteiger partial charge in [-0.05, 0) is 11.6 Å². The third-order valence-corrected chi connectivity index (χ3v) is 2.55. The molecule has 17 heavy (non-hydrogen) atoms. The first kappa shape index (κ1) is 11.7. The summed E-state index contributed by atoms with van der Waals surface area (Å²) in [5.41, 5.74) is 1.39. The van der Waals surface area contributed by atoms with Crippen LogP contribution >= 0.6 is 11.6 Å². The summed E-state index contributed by atoms with van der Waals surface area (Å²) in [6, 6.07) is 7.26. The Kier molecular flexibility index (Phi) is 3.44. The van der Waals surface area contributed by atoms with Crippen molar-refractivity contribution in [3.63, 3.8) is 0 Å². The topological polar surface area (TPSA) is 44.1 Å². The van der Waals surface area contributed by atoms with Gasteiger partial charge >= 0.3 is 5.97 Å². The molecule has 0 saturated carbocycles. The molecule has 0 spiro atoms. The Morgan fingerprint density at radius 1 is 1.47 bits per heavy atom. The number of nitrogens with zero attached hydrogens (tertiary/aromatic N) is 2. The zero-order valence-electron chi connectivity index (χ0n) is 9.26. The minimum Gasteiger partial charge on any atom is -0.465 e. The Hall–Kier alpha value is -1.81. The van der Waals surface area contributed by atoms with Gasteiger partial charge in [-0.3, -0.25) is 4.68 Å². The van der Waals surface area contributed by atoms with Gasteiger partial charge in [-0.2, -0.15) is 5.10 Å². The van der Waals surface area contributed by atoms with Crippen LogP contribution < -0.4 is 0 Å². The highest BCUT2D eigenvalue weighted by Gasteiger charge is 2.11. The number of benzene rings is 1. The molecule has 0 aliphatic carbocycles.